The minimum absolute atomic E-state index is 0.000647. The molecule has 3 N–H and O–H groups in total. The number of rotatable bonds is 4. The minimum atomic E-state index is -1.15. The number of nitrogens with one attached hydrogen (secondary N) is 3. The second-order valence-corrected chi connectivity index (χ2v) is 6.76. The van der Waals surface area contributed by atoms with Crippen LogP contribution in [0.15, 0.2) is 24.3 Å². The third-order valence-electron chi connectivity index (χ3n) is 4.64. The minimum Gasteiger partial charge on any atom is -0.348 e. The van der Waals surface area contributed by atoms with Gasteiger partial charge in [0.15, 0.2) is 11.6 Å². The van der Waals surface area contributed by atoms with Gasteiger partial charge in [-0.3, -0.25) is 4.79 Å². The van der Waals surface area contributed by atoms with Crippen LogP contribution >= 0.6 is 11.6 Å². The first-order chi connectivity index (χ1) is 12.0. The van der Waals surface area contributed by atoms with Crippen molar-refractivity contribution in [3.05, 3.63) is 63.2 Å². The molecule has 0 bridgehead atoms. The number of carbonyl (C=O) groups excluding carboxylic acids is 1. The molecule has 0 radical (unpaired) electrons. The Balaban J connectivity index is 1.57. The molecule has 1 aliphatic carbocycles. The van der Waals surface area contributed by atoms with E-state index in [2.05, 4.69) is 22.2 Å². The molecule has 2 aromatic rings. The maximum absolute atomic E-state index is 13.5. The first-order valence-electron chi connectivity index (χ1n) is 8.11. The molecule has 25 heavy (non-hydrogen) atoms. The van der Waals surface area contributed by atoms with E-state index in [1.165, 1.54) is 5.56 Å². The van der Waals surface area contributed by atoms with Gasteiger partial charge in [0.25, 0.3) is 5.91 Å². The second-order valence-electron chi connectivity index (χ2n) is 6.35. The normalized spacial score (nSPS) is 15.6. The van der Waals surface area contributed by atoms with Gasteiger partial charge in [-0.1, -0.05) is 17.7 Å². The average Bonchev–Trinajstić information content (AvgIpc) is 3.33. The zero-order valence-electron chi connectivity index (χ0n) is 13.3. The van der Waals surface area contributed by atoms with E-state index >= 15 is 0 Å². The molecular formula is C18H16ClF2N3O. The predicted octanol–water partition coefficient (Wildman–Crippen LogP) is 3.86. The molecule has 1 saturated carbocycles. The average molecular weight is 364 g/mol. The second kappa shape index (κ2) is 6.28. The number of benzene rings is 2. The summed E-state index contributed by atoms with van der Waals surface area (Å²) in [5, 5.41) is 2.39. The summed E-state index contributed by atoms with van der Waals surface area (Å²) in [7, 11) is 0. The van der Waals surface area contributed by atoms with E-state index in [-0.39, 0.29) is 5.56 Å². The Morgan fingerprint density at radius 2 is 2.08 bits per heavy atom. The number of hydrazine groups is 1. The molecule has 0 aromatic heterocycles. The number of amides is 1. The van der Waals surface area contributed by atoms with Crippen LogP contribution in [-0.2, 0) is 13.1 Å². The van der Waals surface area contributed by atoms with Crippen LogP contribution in [0.4, 0.5) is 14.5 Å². The topological polar surface area (TPSA) is 53.2 Å². The van der Waals surface area contributed by atoms with Crippen molar-refractivity contribution in [2.75, 3.05) is 5.43 Å². The highest BCUT2D eigenvalue weighted by Gasteiger charge is 2.29. The summed E-state index contributed by atoms with van der Waals surface area (Å²) in [5.41, 5.74) is 10.6. The first kappa shape index (κ1) is 16.3. The van der Waals surface area contributed by atoms with Crippen LogP contribution in [0.1, 0.15) is 45.8 Å². The maximum atomic E-state index is 13.5. The zero-order chi connectivity index (χ0) is 17.6. The van der Waals surface area contributed by atoms with Crippen molar-refractivity contribution in [3.8, 4) is 0 Å². The molecule has 2 aliphatic rings. The fourth-order valence-corrected chi connectivity index (χ4v) is 3.41. The highest BCUT2D eigenvalue weighted by Crippen LogP contribution is 2.44. The van der Waals surface area contributed by atoms with Crippen LogP contribution in [0.5, 0.6) is 0 Å². The predicted molar refractivity (Wildman–Crippen MR) is 91.4 cm³/mol. The lowest BCUT2D eigenvalue weighted by Crippen LogP contribution is -2.24. The third-order valence-corrected chi connectivity index (χ3v) is 4.92. The van der Waals surface area contributed by atoms with Gasteiger partial charge < -0.3 is 10.7 Å². The monoisotopic (exact) mass is 363 g/mol. The van der Waals surface area contributed by atoms with Crippen LogP contribution in [-0.4, -0.2) is 5.91 Å². The summed E-state index contributed by atoms with van der Waals surface area (Å²) in [6.07, 6.45) is 2.30. The molecular weight excluding hydrogens is 348 g/mol. The van der Waals surface area contributed by atoms with Gasteiger partial charge in [0, 0.05) is 18.7 Å². The summed E-state index contributed by atoms with van der Waals surface area (Å²) < 4.78 is 26.7. The van der Waals surface area contributed by atoms with E-state index in [0.29, 0.717) is 19.0 Å². The smallest absolute Gasteiger partial charge is 0.251 e. The van der Waals surface area contributed by atoms with Gasteiger partial charge in [0.05, 0.1) is 10.7 Å². The summed E-state index contributed by atoms with van der Waals surface area (Å²) in [6.45, 7) is 1.01. The zero-order valence-corrected chi connectivity index (χ0v) is 14.0. The van der Waals surface area contributed by atoms with Crippen molar-refractivity contribution in [1.29, 1.82) is 0 Å². The van der Waals surface area contributed by atoms with Crippen molar-refractivity contribution < 1.29 is 13.6 Å². The first-order valence-corrected chi connectivity index (χ1v) is 8.48. The van der Waals surface area contributed by atoms with E-state index in [1.54, 1.807) is 0 Å². The molecule has 7 heteroatoms. The quantitative estimate of drug-likeness (QED) is 0.723. The van der Waals surface area contributed by atoms with Gasteiger partial charge in [0.1, 0.15) is 0 Å². The number of hydrogen-bond donors (Lipinski definition) is 3. The van der Waals surface area contributed by atoms with Crippen molar-refractivity contribution in [3.63, 3.8) is 0 Å². The molecule has 4 nitrogen and oxygen atoms in total. The molecule has 0 saturated heterocycles. The molecule has 1 aliphatic heterocycles. The molecule has 2 aromatic carbocycles. The lowest BCUT2D eigenvalue weighted by Gasteiger charge is -2.14. The molecule has 4 rings (SSSR count). The van der Waals surface area contributed by atoms with E-state index < -0.39 is 22.6 Å². The van der Waals surface area contributed by atoms with Crippen LogP contribution in [0.25, 0.3) is 0 Å². The van der Waals surface area contributed by atoms with E-state index in [1.807, 2.05) is 6.07 Å². The van der Waals surface area contributed by atoms with Crippen molar-refractivity contribution in [2.45, 2.75) is 31.8 Å². The van der Waals surface area contributed by atoms with Crippen LogP contribution in [0, 0.1) is 11.6 Å². The molecule has 1 amide bonds. The van der Waals surface area contributed by atoms with Crippen molar-refractivity contribution in [2.24, 2.45) is 0 Å². The van der Waals surface area contributed by atoms with Gasteiger partial charge in [-0.15, -0.1) is 0 Å². The Labute approximate surface area is 148 Å². The van der Waals surface area contributed by atoms with E-state index in [9.17, 15) is 13.6 Å². The van der Waals surface area contributed by atoms with Gasteiger partial charge in [-0.25, -0.2) is 14.2 Å². The Kier molecular flexibility index (Phi) is 4.09. The number of carbonyl (C=O) groups is 1. The van der Waals surface area contributed by atoms with Crippen LogP contribution in [0.2, 0.25) is 5.02 Å². The highest BCUT2D eigenvalue weighted by molar-refractivity contribution is 6.31. The lowest BCUT2D eigenvalue weighted by molar-refractivity contribution is 0.0950. The summed E-state index contributed by atoms with van der Waals surface area (Å²) in [6, 6.07) is 6.13. The largest absolute Gasteiger partial charge is 0.348 e. The molecule has 0 unspecified atom stereocenters. The van der Waals surface area contributed by atoms with Gasteiger partial charge >= 0.3 is 0 Å². The van der Waals surface area contributed by atoms with E-state index in [4.69, 9.17) is 11.6 Å². The Bertz CT molecular complexity index is 845. The Morgan fingerprint density at radius 1 is 1.28 bits per heavy atom. The maximum Gasteiger partial charge on any atom is 0.251 e. The fraction of sp³-hybridized carbons (Fsp3) is 0.278. The van der Waals surface area contributed by atoms with Gasteiger partial charge in [-0.2, -0.15) is 0 Å². The lowest BCUT2D eigenvalue weighted by atomic mass is 9.96. The number of halogens is 3. The third kappa shape index (κ3) is 3.07. The molecule has 1 fully saturated rings. The van der Waals surface area contributed by atoms with Crippen molar-refractivity contribution in [1.82, 2.24) is 10.7 Å². The molecule has 0 atom stereocenters. The van der Waals surface area contributed by atoms with Gasteiger partial charge in [-0.05, 0) is 53.6 Å². The Hall–Kier alpha value is -2.18. The Morgan fingerprint density at radius 3 is 2.80 bits per heavy atom. The van der Waals surface area contributed by atoms with Gasteiger partial charge in [0.2, 0.25) is 0 Å². The fourth-order valence-electron chi connectivity index (χ4n) is 3.20. The summed E-state index contributed by atoms with van der Waals surface area (Å²) in [5.74, 6) is -2.23. The molecule has 1 heterocycles. The van der Waals surface area contributed by atoms with Crippen molar-refractivity contribution >= 4 is 23.2 Å². The summed E-state index contributed by atoms with van der Waals surface area (Å²) in [4.78, 5) is 12.3. The van der Waals surface area contributed by atoms with Crippen LogP contribution in [0.3, 0.4) is 0 Å². The SMILES string of the molecule is O=C(NCc1c(C2CC2)ccc2c1CNN2)c1cc(F)c(F)c(Cl)c1. The molecule has 130 valence electrons. The van der Waals surface area contributed by atoms with Crippen LogP contribution < -0.4 is 16.2 Å². The number of hydrogen-bond acceptors (Lipinski definition) is 3. The standard InChI is InChI=1S/C18H16ClF2N3O/c19-14-5-10(6-15(20)17(14)21)18(25)22-7-12-11(9-1-2-9)3-4-16-13(12)8-23-24-16/h3-6,9,23-24H,1-2,7-8H2,(H,22,25). The molecule has 0 spiro atoms. The summed E-state index contributed by atoms with van der Waals surface area (Å²) >= 11 is 5.62. The number of fused-ring (bicyclic) bond motifs is 1. The van der Waals surface area contributed by atoms with E-state index in [0.717, 1.165) is 41.8 Å². The highest BCUT2D eigenvalue weighted by atomic mass is 35.5. The number of anilines is 1.